The molecule has 0 aromatic carbocycles. The van der Waals surface area contributed by atoms with Crippen LogP contribution in [0.4, 0.5) is 0 Å². The highest BCUT2D eigenvalue weighted by atomic mass is 17.1. The molecule has 7 nitrogen and oxygen atoms in total. The lowest BCUT2D eigenvalue weighted by molar-refractivity contribution is -0.229. The fraction of sp³-hybridized carbons (Fsp3) is 0.300. The monoisotopic (exact) mass is 246 g/mol. The Bertz CT molecular complexity index is 312. The second-order valence-electron chi connectivity index (χ2n) is 2.68. The van der Waals surface area contributed by atoms with E-state index in [1.165, 1.54) is 0 Å². The quantitative estimate of drug-likeness (QED) is 0.385. The van der Waals surface area contributed by atoms with Crippen LogP contribution < -0.4 is 0 Å². The summed E-state index contributed by atoms with van der Waals surface area (Å²) in [6.45, 7) is 3.48. The first-order valence-electron chi connectivity index (χ1n) is 4.51. The summed E-state index contributed by atoms with van der Waals surface area (Å²) >= 11 is 0. The number of carboxylic acid groups (broad SMARTS) is 2. The van der Waals surface area contributed by atoms with E-state index in [4.69, 9.17) is 15.5 Å². The average molecular weight is 246 g/mol. The molecule has 0 aliphatic heterocycles. The lowest BCUT2D eigenvalue weighted by atomic mass is 10.2. The van der Waals surface area contributed by atoms with Crippen molar-refractivity contribution in [1.29, 1.82) is 0 Å². The molecule has 0 heterocycles. The zero-order chi connectivity index (χ0) is 13.8. The molecule has 0 atom stereocenters. The van der Waals surface area contributed by atoms with Crippen LogP contribution >= 0.6 is 0 Å². The van der Waals surface area contributed by atoms with Gasteiger partial charge >= 0.3 is 17.9 Å². The van der Waals surface area contributed by atoms with E-state index in [0.29, 0.717) is 17.7 Å². The standard InChI is InChI=1S/C6H10O3.C4H4O4/c1-3-4-5(2)6(7)9-8;5-3(6)1-2-4(7)8/h4,8H,3H2,1-2H3;1-2H,(H,5,6)(H,7,8)/b;2-1-. The Balaban J connectivity index is 0. The van der Waals surface area contributed by atoms with E-state index in [-0.39, 0.29) is 0 Å². The summed E-state index contributed by atoms with van der Waals surface area (Å²) in [5.41, 5.74) is 0.431. The van der Waals surface area contributed by atoms with Crippen molar-refractivity contribution in [2.24, 2.45) is 0 Å². The maximum Gasteiger partial charge on any atom is 0.368 e. The topological polar surface area (TPSA) is 121 Å². The molecule has 7 heteroatoms. The Hall–Kier alpha value is -2.15. The molecule has 3 N–H and O–H groups in total. The van der Waals surface area contributed by atoms with Crippen LogP contribution in [0.1, 0.15) is 20.3 Å². The van der Waals surface area contributed by atoms with Crippen LogP contribution in [0, 0.1) is 0 Å². The van der Waals surface area contributed by atoms with Crippen molar-refractivity contribution in [2.45, 2.75) is 20.3 Å². The van der Waals surface area contributed by atoms with Gasteiger partial charge in [0.15, 0.2) is 0 Å². The molecule has 0 aliphatic carbocycles. The van der Waals surface area contributed by atoms with Gasteiger partial charge in [0, 0.05) is 17.7 Å². The molecular weight excluding hydrogens is 232 g/mol. The Morgan fingerprint density at radius 2 is 1.53 bits per heavy atom. The van der Waals surface area contributed by atoms with Gasteiger partial charge in [-0.25, -0.2) is 14.4 Å². The number of hydrogen-bond acceptors (Lipinski definition) is 5. The van der Waals surface area contributed by atoms with Crippen molar-refractivity contribution in [1.82, 2.24) is 0 Å². The number of carbonyl (C=O) groups is 3. The highest BCUT2D eigenvalue weighted by Gasteiger charge is 2.01. The highest BCUT2D eigenvalue weighted by molar-refractivity contribution is 5.89. The molecule has 0 rings (SSSR count). The number of rotatable bonds is 4. The molecule has 0 fully saturated rings. The van der Waals surface area contributed by atoms with Gasteiger partial charge in [0.25, 0.3) is 0 Å². The van der Waals surface area contributed by atoms with Crippen molar-refractivity contribution in [3.05, 3.63) is 23.8 Å². The maximum atomic E-state index is 10.4. The van der Waals surface area contributed by atoms with Crippen LogP contribution in [0.5, 0.6) is 0 Å². The molecule has 0 aliphatic rings. The van der Waals surface area contributed by atoms with Crippen LogP contribution in [-0.4, -0.2) is 33.4 Å². The van der Waals surface area contributed by atoms with Crippen LogP contribution in [0.25, 0.3) is 0 Å². The van der Waals surface area contributed by atoms with Gasteiger partial charge in [0.1, 0.15) is 0 Å². The Labute approximate surface area is 97.6 Å². The van der Waals surface area contributed by atoms with E-state index in [9.17, 15) is 14.4 Å². The van der Waals surface area contributed by atoms with Gasteiger partial charge in [-0.05, 0) is 13.3 Å². The predicted octanol–water partition coefficient (Wildman–Crippen LogP) is 1.07. The third-order valence-corrected chi connectivity index (χ3v) is 1.28. The summed E-state index contributed by atoms with van der Waals surface area (Å²) in [6, 6.07) is 0. The molecule has 0 radical (unpaired) electrons. The lowest BCUT2D eigenvalue weighted by Crippen LogP contribution is -2.01. The van der Waals surface area contributed by atoms with Crippen molar-refractivity contribution in [2.75, 3.05) is 0 Å². The minimum Gasteiger partial charge on any atom is -0.478 e. The van der Waals surface area contributed by atoms with Gasteiger partial charge in [0.05, 0.1) is 0 Å². The molecule has 0 bridgehead atoms. The molecule has 0 spiro atoms. The van der Waals surface area contributed by atoms with Gasteiger partial charge < -0.3 is 10.2 Å². The van der Waals surface area contributed by atoms with E-state index < -0.39 is 17.9 Å². The summed E-state index contributed by atoms with van der Waals surface area (Å²) in [4.78, 5) is 32.9. The Kier molecular flexibility index (Phi) is 10.5. The molecule has 0 saturated carbocycles. The molecule has 0 aromatic heterocycles. The summed E-state index contributed by atoms with van der Waals surface area (Å²) in [6.07, 6.45) is 3.56. The second kappa shape index (κ2) is 10.4. The molecule has 17 heavy (non-hydrogen) atoms. The van der Waals surface area contributed by atoms with Crippen molar-refractivity contribution in [3.8, 4) is 0 Å². The normalized spacial score (nSPS) is 10.4. The van der Waals surface area contributed by atoms with E-state index >= 15 is 0 Å². The lowest BCUT2D eigenvalue weighted by Gasteiger charge is -1.92. The number of carboxylic acids is 2. The predicted molar refractivity (Wildman–Crippen MR) is 57.2 cm³/mol. The number of hydrogen-bond donors (Lipinski definition) is 3. The number of aliphatic carboxylic acids is 2. The minimum absolute atomic E-state index is 0.431. The van der Waals surface area contributed by atoms with Crippen molar-refractivity contribution in [3.63, 3.8) is 0 Å². The van der Waals surface area contributed by atoms with Gasteiger partial charge in [-0.2, -0.15) is 5.26 Å². The molecule has 0 unspecified atom stereocenters. The summed E-state index contributed by atoms with van der Waals surface area (Å²) in [5.74, 6) is -3.20. The smallest absolute Gasteiger partial charge is 0.368 e. The van der Waals surface area contributed by atoms with Gasteiger partial charge in [-0.1, -0.05) is 13.0 Å². The first kappa shape index (κ1) is 17.3. The van der Waals surface area contributed by atoms with E-state index in [1.54, 1.807) is 13.0 Å². The number of allylic oxidation sites excluding steroid dienone is 1. The van der Waals surface area contributed by atoms with Crippen molar-refractivity contribution < 1.29 is 34.7 Å². The summed E-state index contributed by atoms with van der Waals surface area (Å²) < 4.78 is 0. The molecule has 0 saturated heterocycles. The molecular formula is C10H14O7. The molecule has 0 amide bonds. The number of carbonyl (C=O) groups excluding carboxylic acids is 1. The van der Waals surface area contributed by atoms with Gasteiger partial charge in [-0.3, -0.25) is 4.89 Å². The van der Waals surface area contributed by atoms with Crippen LogP contribution in [0.15, 0.2) is 23.8 Å². The third kappa shape index (κ3) is 13.9. The largest absolute Gasteiger partial charge is 0.478 e. The fourth-order valence-corrected chi connectivity index (χ4v) is 0.604. The highest BCUT2D eigenvalue weighted by Crippen LogP contribution is 1.95. The van der Waals surface area contributed by atoms with Crippen LogP contribution in [0.3, 0.4) is 0 Å². The Morgan fingerprint density at radius 3 is 1.76 bits per heavy atom. The SMILES string of the molecule is CCC=C(C)C(=O)OO.O=C(O)/C=C\C(=O)O. The molecule has 96 valence electrons. The third-order valence-electron chi connectivity index (χ3n) is 1.28. The van der Waals surface area contributed by atoms with E-state index in [0.717, 1.165) is 6.42 Å². The average Bonchev–Trinajstić information content (AvgIpc) is 2.26. The van der Waals surface area contributed by atoms with Crippen molar-refractivity contribution >= 4 is 17.9 Å². The summed E-state index contributed by atoms with van der Waals surface area (Å²) in [5, 5.41) is 23.5. The van der Waals surface area contributed by atoms with Gasteiger partial charge in [0.2, 0.25) is 0 Å². The summed E-state index contributed by atoms with van der Waals surface area (Å²) in [7, 11) is 0. The van der Waals surface area contributed by atoms with Crippen LogP contribution in [-0.2, 0) is 19.3 Å². The minimum atomic E-state index is -1.26. The zero-order valence-corrected chi connectivity index (χ0v) is 9.41. The van der Waals surface area contributed by atoms with E-state index in [1.807, 2.05) is 6.92 Å². The maximum absolute atomic E-state index is 10.4. The first-order chi connectivity index (χ1) is 7.84. The Morgan fingerprint density at radius 1 is 1.12 bits per heavy atom. The molecule has 0 aromatic rings. The van der Waals surface area contributed by atoms with E-state index in [2.05, 4.69) is 4.89 Å². The first-order valence-corrected chi connectivity index (χ1v) is 4.51. The zero-order valence-electron chi connectivity index (χ0n) is 9.41. The fourth-order valence-electron chi connectivity index (χ4n) is 0.604. The second-order valence-corrected chi connectivity index (χ2v) is 2.68. The van der Waals surface area contributed by atoms with Crippen LogP contribution in [0.2, 0.25) is 0 Å². The van der Waals surface area contributed by atoms with Gasteiger partial charge in [-0.15, -0.1) is 0 Å².